The number of nitrogens with one attached hydrogen (secondary N) is 1. The van der Waals surface area contributed by atoms with Crippen LogP contribution in [0.4, 0.5) is 5.69 Å². The van der Waals surface area contributed by atoms with Crippen molar-refractivity contribution < 1.29 is 0 Å². The summed E-state index contributed by atoms with van der Waals surface area (Å²) in [7, 11) is 1.96. The fourth-order valence-electron chi connectivity index (χ4n) is 2.26. The molecule has 1 aromatic rings. The fourth-order valence-corrected chi connectivity index (χ4v) is 2.26. The number of anilines is 1. The van der Waals surface area contributed by atoms with E-state index in [-0.39, 0.29) is 0 Å². The van der Waals surface area contributed by atoms with Crippen LogP contribution in [0, 0.1) is 0 Å². The molecule has 0 unspecified atom stereocenters. The van der Waals surface area contributed by atoms with Gasteiger partial charge in [-0.3, -0.25) is 0 Å². The maximum absolute atomic E-state index is 3.11. The number of hydrogen-bond donors (Lipinski definition) is 1. The summed E-state index contributed by atoms with van der Waals surface area (Å²) in [5, 5.41) is 3.11. The van der Waals surface area contributed by atoms with Crippen LogP contribution in [0.2, 0.25) is 0 Å². The lowest BCUT2D eigenvalue weighted by Gasteiger charge is -2.28. The van der Waals surface area contributed by atoms with Gasteiger partial charge in [0.25, 0.3) is 0 Å². The van der Waals surface area contributed by atoms with Gasteiger partial charge in [0.15, 0.2) is 0 Å². The van der Waals surface area contributed by atoms with Crippen LogP contribution >= 0.6 is 0 Å². The average molecular weight is 230 g/mol. The van der Waals surface area contributed by atoms with Crippen LogP contribution in [0.3, 0.4) is 0 Å². The van der Waals surface area contributed by atoms with E-state index in [1.54, 1.807) is 0 Å². The first-order chi connectivity index (χ1) is 8.40. The highest BCUT2D eigenvalue weighted by Crippen LogP contribution is 2.20. The molecule has 17 heavy (non-hydrogen) atoms. The second kappa shape index (κ2) is 6.45. The van der Waals surface area contributed by atoms with E-state index in [9.17, 15) is 0 Å². The second-order valence-corrected chi connectivity index (χ2v) is 4.60. The molecule has 0 aromatic heterocycles. The summed E-state index contributed by atoms with van der Waals surface area (Å²) in [6.07, 6.45) is 8.38. The molecule has 1 fully saturated rings. The number of benzene rings is 1. The van der Waals surface area contributed by atoms with Gasteiger partial charge in [-0.1, -0.05) is 24.3 Å². The number of likely N-dealkylation sites (N-methyl/N-ethyl adjacent to an activating group) is 1. The zero-order valence-electron chi connectivity index (χ0n) is 10.7. The van der Waals surface area contributed by atoms with Crippen molar-refractivity contribution in [3.8, 4) is 0 Å². The van der Waals surface area contributed by atoms with Crippen LogP contribution in [0.5, 0.6) is 0 Å². The molecule has 1 aliphatic rings. The van der Waals surface area contributed by atoms with Crippen molar-refractivity contribution in [3.63, 3.8) is 0 Å². The topological polar surface area (TPSA) is 15.3 Å². The first kappa shape index (κ1) is 12.2. The third-order valence-corrected chi connectivity index (χ3v) is 3.25. The number of rotatable bonds is 4. The van der Waals surface area contributed by atoms with Crippen molar-refractivity contribution in [3.05, 3.63) is 35.9 Å². The van der Waals surface area contributed by atoms with Crippen LogP contribution in [0.1, 0.15) is 24.8 Å². The van der Waals surface area contributed by atoms with Gasteiger partial charge < -0.3 is 10.2 Å². The molecule has 2 nitrogen and oxygen atoms in total. The van der Waals surface area contributed by atoms with Gasteiger partial charge >= 0.3 is 0 Å². The summed E-state index contributed by atoms with van der Waals surface area (Å²) < 4.78 is 0. The van der Waals surface area contributed by atoms with E-state index in [0.717, 1.165) is 6.54 Å². The van der Waals surface area contributed by atoms with Crippen molar-refractivity contribution in [2.24, 2.45) is 0 Å². The predicted molar refractivity (Wildman–Crippen MR) is 75.5 cm³/mol. The average Bonchev–Trinajstić information content (AvgIpc) is 2.41. The first-order valence-corrected chi connectivity index (χ1v) is 6.56. The van der Waals surface area contributed by atoms with Gasteiger partial charge in [0.05, 0.1) is 0 Å². The SMILES string of the molecule is CNCC=Cc1ccc(N2CCCCC2)cc1. The maximum Gasteiger partial charge on any atom is 0.0366 e. The van der Waals surface area contributed by atoms with E-state index in [2.05, 4.69) is 46.6 Å². The molecule has 1 saturated heterocycles. The Balaban J connectivity index is 1.97. The van der Waals surface area contributed by atoms with Gasteiger partial charge in [0.1, 0.15) is 0 Å². The highest BCUT2D eigenvalue weighted by atomic mass is 15.1. The monoisotopic (exact) mass is 230 g/mol. The van der Waals surface area contributed by atoms with Gasteiger partial charge in [-0.2, -0.15) is 0 Å². The van der Waals surface area contributed by atoms with Crippen molar-refractivity contribution in [2.75, 3.05) is 31.6 Å². The lowest BCUT2D eigenvalue weighted by molar-refractivity contribution is 0.578. The second-order valence-electron chi connectivity index (χ2n) is 4.60. The molecule has 0 amide bonds. The quantitative estimate of drug-likeness (QED) is 0.855. The van der Waals surface area contributed by atoms with Gasteiger partial charge in [0, 0.05) is 25.3 Å². The van der Waals surface area contributed by atoms with Crippen LogP contribution in [0.15, 0.2) is 30.3 Å². The molecule has 2 heteroatoms. The number of hydrogen-bond acceptors (Lipinski definition) is 2. The van der Waals surface area contributed by atoms with Crippen molar-refractivity contribution >= 4 is 11.8 Å². The molecular weight excluding hydrogens is 208 g/mol. The molecule has 0 saturated carbocycles. The Morgan fingerprint density at radius 1 is 1.12 bits per heavy atom. The Bertz CT molecular complexity index is 348. The van der Waals surface area contributed by atoms with Crippen LogP contribution in [-0.4, -0.2) is 26.7 Å². The van der Waals surface area contributed by atoms with Crippen molar-refractivity contribution in [1.29, 1.82) is 0 Å². The van der Waals surface area contributed by atoms with Crippen LogP contribution < -0.4 is 10.2 Å². The molecule has 0 atom stereocenters. The maximum atomic E-state index is 3.11. The molecule has 0 bridgehead atoms. The summed E-state index contributed by atoms with van der Waals surface area (Å²) in [6.45, 7) is 3.36. The number of nitrogens with zero attached hydrogens (tertiary/aromatic N) is 1. The van der Waals surface area contributed by atoms with E-state index in [4.69, 9.17) is 0 Å². The summed E-state index contributed by atoms with van der Waals surface area (Å²) in [5.74, 6) is 0. The Labute approximate surface area is 104 Å². The molecule has 1 heterocycles. The van der Waals surface area contributed by atoms with Gasteiger partial charge in [0.2, 0.25) is 0 Å². The molecule has 1 N–H and O–H groups in total. The smallest absolute Gasteiger partial charge is 0.0366 e. The third kappa shape index (κ3) is 3.60. The largest absolute Gasteiger partial charge is 0.372 e. The zero-order valence-corrected chi connectivity index (χ0v) is 10.7. The Kier molecular flexibility index (Phi) is 4.63. The Hall–Kier alpha value is -1.28. The van der Waals surface area contributed by atoms with E-state index < -0.39 is 0 Å². The summed E-state index contributed by atoms with van der Waals surface area (Å²) in [4.78, 5) is 2.49. The summed E-state index contributed by atoms with van der Waals surface area (Å²) in [6, 6.07) is 8.89. The van der Waals surface area contributed by atoms with Crippen molar-refractivity contribution in [1.82, 2.24) is 5.32 Å². The zero-order chi connectivity index (χ0) is 11.9. The minimum Gasteiger partial charge on any atom is -0.372 e. The molecule has 0 spiro atoms. The van der Waals surface area contributed by atoms with Gasteiger partial charge in [-0.15, -0.1) is 0 Å². The summed E-state index contributed by atoms with van der Waals surface area (Å²) >= 11 is 0. The molecule has 0 aliphatic carbocycles. The highest BCUT2D eigenvalue weighted by Gasteiger charge is 2.09. The van der Waals surface area contributed by atoms with Crippen LogP contribution in [0.25, 0.3) is 6.08 Å². The van der Waals surface area contributed by atoms with Gasteiger partial charge in [-0.25, -0.2) is 0 Å². The van der Waals surface area contributed by atoms with E-state index in [0.29, 0.717) is 0 Å². The summed E-state index contributed by atoms with van der Waals surface area (Å²) in [5.41, 5.74) is 2.65. The molecule has 1 aromatic carbocycles. The molecular formula is C15H22N2. The Morgan fingerprint density at radius 2 is 1.82 bits per heavy atom. The van der Waals surface area contributed by atoms with E-state index in [1.165, 1.54) is 43.6 Å². The minimum absolute atomic E-state index is 0.924. The minimum atomic E-state index is 0.924. The lowest BCUT2D eigenvalue weighted by Crippen LogP contribution is -2.29. The third-order valence-electron chi connectivity index (χ3n) is 3.25. The lowest BCUT2D eigenvalue weighted by atomic mass is 10.1. The molecule has 2 rings (SSSR count). The van der Waals surface area contributed by atoms with Crippen LogP contribution in [-0.2, 0) is 0 Å². The van der Waals surface area contributed by atoms with E-state index in [1.807, 2.05) is 7.05 Å². The first-order valence-electron chi connectivity index (χ1n) is 6.56. The highest BCUT2D eigenvalue weighted by molar-refractivity contribution is 5.56. The Morgan fingerprint density at radius 3 is 2.47 bits per heavy atom. The standard InChI is InChI=1S/C15H22N2/c1-16-11-5-6-14-7-9-15(10-8-14)17-12-3-2-4-13-17/h5-10,16H,2-4,11-13H2,1H3. The van der Waals surface area contributed by atoms with E-state index >= 15 is 0 Å². The van der Waals surface area contributed by atoms with Gasteiger partial charge in [-0.05, 0) is 44.0 Å². The number of piperidine rings is 1. The predicted octanol–water partition coefficient (Wildman–Crippen LogP) is 2.91. The molecule has 1 aliphatic heterocycles. The molecule has 0 radical (unpaired) electrons. The fraction of sp³-hybridized carbons (Fsp3) is 0.467. The normalized spacial score (nSPS) is 16.6. The van der Waals surface area contributed by atoms with Crippen molar-refractivity contribution in [2.45, 2.75) is 19.3 Å². The molecule has 92 valence electrons.